The molecular weight excluding hydrogens is 344 g/mol. The molecule has 0 aromatic carbocycles. The molecule has 0 bridgehead atoms. The highest BCUT2D eigenvalue weighted by Gasteiger charge is 2.22. The Hall–Kier alpha value is -2.48. The van der Waals surface area contributed by atoms with Crippen LogP contribution in [0.3, 0.4) is 0 Å². The SMILES string of the molecule is CCN1CCC[C@@H]1CNc1ccc(C(=O)NCc2noc(C(C)C)n2)cn1. The Morgan fingerprint density at radius 1 is 1.41 bits per heavy atom. The first-order valence-corrected chi connectivity index (χ1v) is 9.61. The molecule has 1 atom stereocenters. The van der Waals surface area contributed by atoms with Gasteiger partial charge in [0.1, 0.15) is 5.82 Å². The first kappa shape index (κ1) is 19.3. The standard InChI is InChI=1S/C19H28N6O2/c1-4-25-9-5-6-15(25)11-21-16-8-7-14(10-20-16)18(26)22-12-17-23-19(13(2)3)27-24-17/h7-8,10,13,15H,4-6,9,11-12H2,1-3H3,(H,20,21)(H,22,26)/t15-/m1/s1. The lowest BCUT2D eigenvalue weighted by atomic mass is 10.2. The maximum Gasteiger partial charge on any atom is 0.253 e. The summed E-state index contributed by atoms with van der Waals surface area (Å²) in [5.41, 5.74) is 0.504. The van der Waals surface area contributed by atoms with E-state index < -0.39 is 0 Å². The van der Waals surface area contributed by atoms with Gasteiger partial charge in [-0.05, 0) is 38.1 Å². The number of amides is 1. The first-order valence-electron chi connectivity index (χ1n) is 9.61. The maximum atomic E-state index is 12.3. The fraction of sp³-hybridized carbons (Fsp3) is 0.579. The van der Waals surface area contributed by atoms with Gasteiger partial charge in [-0.15, -0.1) is 0 Å². The van der Waals surface area contributed by atoms with E-state index in [9.17, 15) is 4.79 Å². The Bertz CT molecular complexity index is 743. The van der Waals surface area contributed by atoms with Crippen LogP contribution in [0, 0.1) is 0 Å². The summed E-state index contributed by atoms with van der Waals surface area (Å²) in [6.45, 7) is 9.51. The molecule has 0 radical (unpaired) electrons. The second-order valence-electron chi connectivity index (χ2n) is 7.12. The molecule has 0 spiro atoms. The molecule has 1 amide bonds. The van der Waals surface area contributed by atoms with E-state index in [1.165, 1.54) is 19.4 Å². The van der Waals surface area contributed by atoms with Gasteiger partial charge in [-0.3, -0.25) is 9.69 Å². The Morgan fingerprint density at radius 3 is 2.93 bits per heavy atom. The molecule has 8 heteroatoms. The van der Waals surface area contributed by atoms with E-state index in [1.807, 2.05) is 19.9 Å². The minimum atomic E-state index is -0.210. The monoisotopic (exact) mass is 372 g/mol. The van der Waals surface area contributed by atoms with Crippen molar-refractivity contribution in [3.63, 3.8) is 0 Å². The lowest BCUT2D eigenvalue weighted by molar-refractivity contribution is 0.0949. The number of rotatable bonds is 8. The van der Waals surface area contributed by atoms with Crippen molar-refractivity contribution >= 4 is 11.7 Å². The van der Waals surface area contributed by atoms with Crippen LogP contribution in [0.5, 0.6) is 0 Å². The van der Waals surface area contributed by atoms with E-state index in [0.29, 0.717) is 23.3 Å². The van der Waals surface area contributed by atoms with Gasteiger partial charge in [0.15, 0.2) is 5.82 Å². The number of anilines is 1. The van der Waals surface area contributed by atoms with Gasteiger partial charge < -0.3 is 15.2 Å². The van der Waals surface area contributed by atoms with E-state index >= 15 is 0 Å². The molecule has 1 fully saturated rings. The Labute approximate surface area is 159 Å². The lowest BCUT2D eigenvalue weighted by Gasteiger charge is -2.23. The van der Waals surface area contributed by atoms with Crippen molar-refractivity contribution in [2.75, 3.05) is 25.0 Å². The van der Waals surface area contributed by atoms with Crippen molar-refractivity contribution in [2.24, 2.45) is 0 Å². The van der Waals surface area contributed by atoms with Crippen LogP contribution in [0.1, 0.15) is 61.6 Å². The second-order valence-corrected chi connectivity index (χ2v) is 7.12. The van der Waals surface area contributed by atoms with Crippen LogP contribution >= 0.6 is 0 Å². The fourth-order valence-corrected chi connectivity index (χ4v) is 3.23. The smallest absolute Gasteiger partial charge is 0.253 e. The second kappa shape index (κ2) is 8.94. The molecule has 0 saturated carbocycles. The van der Waals surface area contributed by atoms with E-state index in [0.717, 1.165) is 18.9 Å². The molecule has 8 nitrogen and oxygen atoms in total. The van der Waals surface area contributed by atoms with Crippen LogP contribution in [0.4, 0.5) is 5.82 Å². The highest BCUT2D eigenvalue weighted by atomic mass is 16.5. The van der Waals surface area contributed by atoms with E-state index in [2.05, 4.69) is 37.6 Å². The Kier molecular flexibility index (Phi) is 6.39. The van der Waals surface area contributed by atoms with Crippen LogP contribution in [0.15, 0.2) is 22.9 Å². The van der Waals surface area contributed by atoms with Gasteiger partial charge in [0, 0.05) is 24.7 Å². The molecule has 2 N–H and O–H groups in total. The number of carbonyl (C=O) groups excluding carboxylic acids is 1. The normalized spacial score (nSPS) is 17.4. The number of likely N-dealkylation sites (N-methyl/N-ethyl adjacent to an activating group) is 1. The highest BCUT2D eigenvalue weighted by Crippen LogP contribution is 2.17. The van der Waals surface area contributed by atoms with Gasteiger partial charge >= 0.3 is 0 Å². The predicted octanol–water partition coefficient (Wildman–Crippen LogP) is 2.41. The average Bonchev–Trinajstić information content (AvgIpc) is 3.34. The van der Waals surface area contributed by atoms with Crippen molar-refractivity contribution in [1.29, 1.82) is 0 Å². The molecule has 0 aliphatic carbocycles. The number of carbonyl (C=O) groups is 1. The fourth-order valence-electron chi connectivity index (χ4n) is 3.23. The third-order valence-corrected chi connectivity index (χ3v) is 4.83. The molecule has 2 aromatic rings. The van der Waals surface area contributed by atoms with Gasteiger partial charge in [-0.2, -0.15) is 4.98 Å². The zero-order valence-electron chi connectivity index (χ0n) is 16.2. The summed E-state index contributed by atoms with van der Waals surface area (Å²) >= 11 is 0. The molecule has 3 heterocycles. The topological polar surface area (TPSA) is 96.2 Å². The molecular formula is C19H28N6O2. The number of likely N-dealkylation sites (tertiary alicyclic amines) is 1. The van der Waals surface area contributed by atoms with Crippen LogP contribution in [-0.4, -0.2) is 51.6 Å². The van der Waals surface area contributed by atoms with Gasteiger partial charge in [0.2, 0.25) is 5.89 Å². The number of aromatic nitrogens is 3. The maximum absolute atomic E-state index is 12.3. The van der Waals surface area contributed by atoms with E-state index in [-0.39, 0.29) is 18.4 Å². The van der Waals surface area contributed by atoms with Crippen LogP contribution in [0.2, 0.25) is 0 Å². The Balaban J connectivity index is 1.48. The third-order valence-electron chi connectivity index (χ3n) is 4.83. The van der Waals surface area contributed by atoms with Crippen LogP contribution in [-0.2, 0) is 6.54 Å². The third kappa shape index (κ3) is 5.03. The molecule has 27 heavy (non-hydrogen) atoms. The summed E-state index contributed by atoms with van der Waals surface area (Å²) in [6.07, 6.45) is 4.06. The number of hydrogen-bond donors (Lipinski definition) is 2. The van der Waals surface area contributed by atoms with Crippen molar-refractivity contribution < 1.29 is 9.32 Å². The van der Waals surface area contributed by atoms with Gasteiger partial charge in [-0.25, -0.2) is 4.98 Å². The molecule has 1 saturated heterocycles. The zero-order valence-corrected chi connectivity index (χ0v) is 16.2. The van der Waals surface area contributed by atoms with E-state index in [4.69, 9.17) is 4.52 Å². The molecule has 2 aromatic heterocycles. The molecule has 1 aliphatic heterocycles. The summed E-state index contributed by atoms with van der Waals surface area (Å²) in [5.74, 6) is 1.78. The quantitative estimate of drug-likeness (QED) is 0.734. The number of hydrogen-bond acceptors (Lipinski definition) is 7. The summed E-state index contributed by atoms with van der Waals surface area (Å²) in [5, 5.41) is 10.0. The zero-order chi connectivity index (χ0) is 19.2. The summed E-state index contributed by atoms with van der Waals surface area (Å²) in [7, 11) is 0. The number of nitrogens with zero attached hydrogens (tertiary/aromatic N) is 4. The van der Waals surface area contributed by atoms with Gasteiger partial charge in [0.25, 0.3) is 5.91 Å². The minimum Gasteiger partial charge on any atom is -0.369 e. The molecule has 3 rings (SSSR count). The summed E-state index contributed by atoms with van der Waals surface area (Å²) in [6, 6.07) is 4.17. The molecule has 146 valence electrons. The predicted molar refractivity (Wildman–Crippen MR) is 103 cm³/mol. The Morgan fingerprint density at radius 2 is 2.26 bits per heavy atom. The van der Waals surface area contributed by atoms with Crippen molar-refractivity contribution in [3.05, 3.63) is 35.6 Å². The lowest BCUT2D eigenvalue weighted by Crippen LogP contribution is -2.34. The van der Waals surface area contributed by atoms with Crippen molar-refractivity contribution in [3.8, 4) is 0 Å². The average molecular weight is 372 g/mol. The summed E-state index contributed by atoms with van der Waals surface area (Å²) in [4.78, 5) is 23.3. The van der Waals surface area contributed by atoms with Gasteiger partial charge in [0.05, 0.1) is 12.1 Å². The van der Waals surface area contributed by atoms with Crippen LogP contribution < -0.4 is 10.6 Å². The molecule has 0 unspecified atom stereocenters. The largest absolute Gasteiger partial charge is 0.369 e. The number of nitrogens with one attached hydrogen (secondary N) is 2. The van der Waals surface area contributed by atoms with Crippen molar-refractivity contribution in [2.45, 2.75) is 52.1 Å². The van der Waals surface area contributed by atoms with Crippen LogP contribution in [0.25, 0.3) is 0 Å². The first-order chi connectivity index (χ1) is 13.1. The highest BCUT2D eigenvalue weighted by molar-refractivity contribution is 5.93. The molecule has 1 aliphatic rings. The summed E-state index contributed by atoms with van der Waals surface area (Å²) < 4.78 is 5.13. The minimum absolute atomic E-state index is 0.167. The van der Waals surface area contributed by atoms with Gasteiger partial charge in [-0.1, -0.05) is 25.9 Å². The van der Waals surface area contributed by atoms with Crippen molar-refractivity contribution in [1.82, 2.24) is 25.3 Å². The number of pyridine rings is 1. The van der Waals surface area contributed by atoms with E-state index in [1.54, 1.807) is 12.3 Å².